The number of hydrogen-bond acceptors (Lipinski definition) is 5. The third-order valence-corrected chi connectivity index (χ3v) is 3.27. The lowest BCUT2D eigenvalue weighted by Gasteiger charge is -2.05. The number of allylic oxidation sites excluding steroid dienone is 1. The van der Waals surface area contributed by atoms with E-state index in [1.807, 2.05) is 0 Å². The Morgan fingerprint density at radius 1 is 1.22 bits per heavy atom. The van der Waals surface area contributed by atoms with Gasteiger partial charge in [-0.3, -0.25) is 14.9 Å². The largest absolute Gasteiger partial charge is 0.497 e. The number of nitro benzene ring substituents is 1. The minimum absolute atomic E-state index is 0.0336. The third kappa shape index (κ3) is 4.16. The zero-order chi connectivity index (χ0) is 16.8. The Morgan fingerprint density at radius 2 is 1.91 bits per heavy atom. The van der Waals surface area contributed by atoms with Gasteiger partial charge in [-0.05, 0) is 42.8 Å². The number of ketones is 1. The highest BCUT2D eigenvalue weighted by molar-refractivity contribution is 6.04. The summed E-state index contributed by atoms with van der Waals surface area (Å²) in [6, 6.07) is 11.3. The van der Waals surface area contributed by atoms with E-state index in [2.05, 4.69) is 5.32 Å². The summed E-state index contributed by atoms with van der Waals surface area (Å²) in [6.45, 7) is 1.76. The minimum Gasteiger partial charge on any atom is -0.497 e. The first-order valence-corrected chi connectivity index (χ1v) is 6.88. The van der Waals surface area contributed by atoms with Crippen LogP contribution in [0.4, 0.5) is 11.4 Å². The number of carbonyl (C=O) groups is 1. The van der Waals surface area contributed by atoms with Crippen molar-refractivity contribution >= 4 is 17.2 Å². The number of benzene rings is 2. The van der Waals surface area contributed by atoms with Crippen LogP contribution in [-0.4, -0.2) is 17.8 Å². The van der Waals surface area contributed by atoms with Crippen molar-refractivity contribution in [1.29, 1.82) is 0 Å². The predicted octanol–water partition coefficient (Wildman–Crippen LogP) is 3.72. The molecule has 118 valence electrons. The van der Waals surface area contributed by atoms with Gasteiger partial charge < -0.3 is 10.1 Å². The van der Waals surface area contributed by atoms with E-state index in [1.54, 1.807) is 44.4 Å². The number of hydrogen-bond donors (Lipinski definition) is 1. The number of nitrogens with zero attached hydrogens (tertiary/aromatic N) is 1. The molecule has 0 bridgehead atoms. The molecule has 0 saturated carbocycles. The second-order valence-corrected chi connectivity index (χ2v) is 4.83. The first kappa shape index (κ1) is 16.2. The van der Waals surface area contributed by atoms with Crippen molar-refractivity contribution in [2.45, 2.75) is 6.92 Å². The monoisotopic (exact) mass is 312 g/mol. The fourth-order valence-electron chi connectivity index (χ4n) is 1.98. The molecule has 0 aliphatic rings. The second kappa shape index (κ2) is 7.22. The van der Waals surface area contributed by atoms with Crippen LogP contribution < -0.4 is 10.1 Å². The van der Waals surface area contributed by atoms with Crippen LogP contribution in [0, 0.1) is 17.0 Å². The molecule has 0 spiro atoms. The molecule has 0 aliphatic heterocycles. The molecule has 2 aromatic carbocycles. The molecule has 0 fully saturated rings. The fourth-order valence-corrected chi connectivity index (χ4v) is 1.98. The van der Waals surface area contributed by atoms with Crippen LogP contribution in [0.5, 0.6) is 5.75 Å². The van der Waals surface area contributed by atoms with E-state index in [1.165, 1.54) is 24.4 Å². The average Bonchev–Trinajstić information content (AvgIpc) is 2.56. The summed E-state index contributed by atoms with van der Waals surface area (Å²) in [4.78, 5) is 22.2. The summed E-state index contributed by atoms with van der Waals surface area (Å²) in [6.07, 6.45) is 2.92. The number of carbonyl (C=O) groups excluding carboxylic acids is 1. The van der Waals surface area contributed by atoms with Gasteiger partial charge in [0.15, 0.2) is 5.78 Å². The van der Waals surface area contributed by atoms with Crippen molar-refractivity contribution in [3.05, 3.63) is 76.0 Å². The first-order chi connectivity index (χ1) is 11.0. The number of anilines is 1. The third-order valence-electron chi connectivity index (χ3n) is 3.27. The maximum absolute atomic E-state index is 12.0. The van der Waals surface area contributed by atoms with Crippen LogP contribution in [0.15, 0.2) is 54.7 Å². The zero-order valence-corrected chi connectivity index (χ0v) is 12.8. The van der Waals surface area contributed by atoms with Crippen LogP contribution >= 0.6 is 0 Å². The fraction of sp³-hybridized carbons (Fsp3) is 0.118. The Bertz CT molecular complexity index is 752. The van der Waals surface area contributed by atoms with Gasteiger partial charge in [0.1, 0.15) is 5.75 Å². The number of rotatable bonds is 6. The molecule has 0 atom stereocenters. The van der Waals surface area contributed by atoms with Gasteiger partial charge in [-0.1, -0.05) is 0 Å². The molecule has 0 aromatic heterocycles. The number of nitrogens with one attached hydrogen (secondary N) is 1. The summed E-state index contributed by atoms with van der Waals surface area (Å²) in [5.74, 6) is 0.532. The lowest BCUT2D eigenvalue weighted by molar-refractivity contribution is -0.384. The molecule has 0 saturated heterocycles. The summed E-state index contributed by atoms with van der Waals surface area (Å²) >= 11 is 0. The van der Waals surface area contributed by atoms with Gasteiger partial charge in [0.25, 0.3) is 5.69 Å². The van der Waals surface area contributed by atoms with E-state index in [-0.39, 0.29) is 11.5 Å². The summed E-state index contributed by atoms with van der Waals surface area (Å²) < 4.78 is 5.04. The smallest absolute Gasteiger partial charge is 0.269 e. The minimum atomic E-state index is -0.445. The lowest BCUT2D eigenvalue weighted by Crippen LogP contribution is -1.98. The highest BCUT2D eigenvalue weighted by atomic mass is 16.6. The van der Waals surface area contributed by atoms with Crippen molar-refractivity contribution in [3.63, 3.8) is 0 Å². The lowest BCUT2D eigenvalue weighted by atomic mass is 10.1. The molecule has 2 rings (SSSR count). The summed E-state index contributed by atoms with van der Waals surface area (Å²) in [5.41, 5.74) is 2.01. The summed E-state index contributed by atoms with van der Waals surface area (Å²) in [7, 11) is 1.56. The molecular weight excluding hydrogens is 296 g/mol. The van der Waals surface area contributed by atoms with E-state index in [0.29, 0.717) is 17.0 Å². The van der Waals surface area contributed by atoms with Crippen molar-refractivity contribution in [3.8, 4) is 5.75 Å². The zero-order valence-electron chi connectivity index (χ0n) is 12.8. The van der Waals surface area contributed by atoms with Gasteiger partial charge in [-0.2, -0.15) is 0 Å². The number of non-ortho nitro benzene ring substituents is 1. The van der Waals surface area contributed by atoms with Crippen LogP contribution in [-0.2, 0) is 0 Å². The first-order valence-electron chi connectivity index (χ1n) is 6.88. The average molecular weight is 312 g/mol. The van der Waals surface area contributed by atoms with Gasteiger partial charge in [-0.15, -0.1) is 0 Å². The number of nitro groups is 1. The molecule has 2 aromatic rings. The quantitative estimate of drug-likeness (QED) is 0.380. The molecule has 23 heavy (non-hydrogen) atoms. The number of ether oxygens (including phenoxy) is 1. The molecule has 0 radical (unpaired) electrons. The van der Waals surface area contributed by atoms with Crippen molar-refractivity contribution in [2.75, 3.05) is 12.4 Å². The second-order valence-electron chi connectivity index (χ2n) is 4.83. The van der Waals surface area contributed by atoms with E-state index in [9.17, 15) is 14.9 Å². The van der Waals surface area contributed by atoms with Crippen LogP contribution in [0.2, 0.25) is 0 Å². The highest BCUT2D eigenvalue weighted by Gasteiger charge is 2.07. The van der Waals surface area contributed by atoms with Crippen LogP contribution in [0.25, 0.3) is 0 Å². The maximum atomic E-state index is 12.0. The van der Waals surface area contributed by atoms with Gasteiger partial charge in [0.2, 0.25) is 0 Å². The standard InChI is InChI=1S/C17H16N2O4/c1-12-11-14(19(21)22)5-8-16(12)18-10-9-17(20)13-3-6-15(23-2)7-4-13/h3-11,18H,1-2H3. The Kier molecular flexibility index (Phi) is 5.09. The van der Waals surface area contributed by atoms with Gasteiger partial charge in [-0.25, -0.2) is 0 Å². The molecule has 0 aliphatic carbocycles. The topological polar surface area (TPSA) is 81.5 Å². The Labute approximate surface area is 133 Å². The van der Waals surface area contributed by atoms with Crippen LogP contribution in [0.1, 0.15) is 15.9 Å². The number of aryl methyl sites for hydroxylation is 1. The number of methoxy groups -OCH3 is 1. The normalized spacial score (nSPS) is 10.5. The van der Waals surface area contributed by atoms with E-state index in [0.717, 1.165) is 5.56 Å². The maximum Gasteiger partial charge on any atom is 0.269 e. The van der Waals surface area contributed by atoms with Crippen molar-refractivity contribution < 1.29 is 14.5 Å². The Morgan fingerprint density at radius 3 is 2.48 bits per heavy atom. The highest BCUT2D eigenvalue weighted by Crippen LogP contribution is 2.21. The predicted molar refractivity (Wildman–Crippen MR) is 87.9 cm³/mol. The van der Waals surface area contributed by atoms with Gasteiger partial charge in [0, 0.05) is 35.7 Å². The Hall–Kier alpha value is -3.15. The van der Waals surface area contributed by atoms with Crippen molar-refractivity contribution in [2.24, 2.45) is 0 Å². The van der Waals surface area contributed by atoms with E-state index < -0.39 is 4.92 Å². The van der Waals surface area contributed by atoms with Crippen molar-refractivity contribution in [1.82, 2.24) is 0 Å². The molecule has 6 heteroatoms. The molecule has 0 heterocycles. The Balaban J connectivity index is 2.03. The molecular formula is C17H16N2O4. The molecule has 1 N–H and O–H groups in total. The van der Waals surface area contributed by atoms with Crippen LogP contribution in [0.3, 0.4) is 0 Å². The van der Waals surface area contributed by atoms with E-state index >= 15 is 0 Å². The summed E-state index contributed by atoms with van der Waals surface area (Å²) in [5, 5.41) is 13.6. The molecule has 6 nitrogen and oxygen atoms in total. The molecule has 0 amide bonds. The molecule has 0 unspecified atom stereocenters. The van der Waals surface area contributed by atoms with Gasteiger partial charge in [0.05, 0.1) is 12.0 Å². The van der Waals surface area contributed by atoms with Gasteiger partial charge >= 0.3 is 0 Å². The SMILES string of the molecule is COc1ccc(C(=O)C=CNc2ccc([N+](=O)[O-])cc2C)cc1. The van der Waals surface area contributed by atoms with E-state index in [4.69, 9.17) is 4.74 Å².